The van der Waals surface area contributed by atoms with Gasteiger partial charge in [-0.3, -0.25) is 4.79 Å². The highest BCUT2D eigenvalue weighted by atomic mass is 16.5. The third-order valence-electron chi connectivity index (χ3n) is 2.66. The van der Waals surface area contributed by atoms with Crippen LogP contribution in [0.15, 0.2) is 6.07 Å². The maximum absolute atomic E-state index is 11.7. The van der Waals surface area contributed by atoms with Crippen LogP contribution in [0.4, 0.5) is 5.82 Å². The van der Waals surface area contributed by atoms with Gasteiger partial charge in [-0.2, -0.15) is 4.98 Å². The van der Waals surface area contributed by atoms with E-state index in [0.717, 1.165) is 0 Å². The minimum atomic E-state index is -0.515. The standard InChI is InChI=1S/C13H22N4O2/c1-6-19-11-7-10(16-9(2)17-11)15-8-13(3,4)12(18)14-5/h7H,6,8H2,1-5H3,(H,14,18)(H,15,16,17). The lowest BCUT2D eigenvalue weighted by Crippen LogP contribution is -2.39. The topological polar surface area (TPSA) is 76.1 Å². The second kappa shape index (κ2) is 6.36. The van der Waals surface area contributed by atoms with E-state index < -0.39 is 5.41 Å². The second-order valence-electron chi connectivity index (χ2n) is 4.89. The number of carbonyl (C=O) groups excluding carboxylic acids is 1. The van der Waals surface area contributed by atoms with Crippen molar-refractivity contribution in [1.82, 2.24) is 15.3 Å². The number of hydrogen-bond donors (Lipinski definition) is 2. The highest BCUT2D eigenvalue weighted by Gasteiger charge is 2.26. The van der Waals surface area contributed by atoms with Gasteiger partial charge in [-0.15, -0.1) is 0 Å². The van der Waals surface area contributed by atoms with Crippen molar-refractivity contribution in [2.45, 2.75) is 27.7 Å². The van der Waals surface area contributed by atoms with Crippen LogP contribution in [0.2, 0.25) is 0 Å². The van der Waals surface area contributed by atoms with E-state index in [0.29, 0.717) is 30.7 Å². The number of hydrogen-bond acceptors (Lipinski definition) is 5. The molecule has 1 aromatic heterocycles. The number of anilines is 1. The Morgan fingerprint density at radius 3 is 2.68 bits per heavy atom. The molecule has 19 heavy (non-hydrogen) atoms. The summed E-state index contributed by atoms with van der Waals surface area (Å²) in [6.07, 6.45) is 0. The molecule has 0 saturated heterocycles. The average molecular weight is 266 g/mol. The molecule has 1 aromatic rings. The Bertz CT molecular complexity index is 446. The first kappa shape index (κ1) is 15.2. The largest absolute Gasteiger partial charge is 0.478 e. The summed E-state index contributed by atoms with van der Waals surface area (Å²) in [7, 11) is 1.63. The van der Waals surface area contributed by atoms with Crippen LogP contribution in [0, 0.1) is 12.3 Å². The summed E-state index contributed by atoms with van der Waals surface area (Å²) >= 11 is 0. The van der Waals surface area contributed by atoms with Crippen LogP contribution < -0.4 is 15.4 Å². The number of carbonyl (C=O) groups is 1. The lowest BCUT2D eigenvalue weighted by Gasteiger charge is -2.23. The molecule has 0 fully saturated rings. The number of aryl methyl sites for hydroxylation is 1. The van der Waals surface area contributed by atoms with Crippen LogP contribution in [0.25, 0.3) is 0 Å². The van der Waals surface area contributed by atoms with Crippen LogP contribution in [0.1, 0.15) is 26.6 Å². The predicted octanol–water partition coefficient (Wildman–Crippen LogP) is 1.37. The Balaban J connectivity index is 2.74. The van der Waals surface area contributed by atoms with Gasteiger partial charge in [0.15, 0.2) is 0 Å². The van der Waals surface area contributed by atoms with Gasteiger partial charge in [-0.05, 0) is 27.7 Å². The molecule has 0 radical (unpaired) electrons. The number of aromatic nitrogens is 2. The number of ether oxygens (including phenoxy) is 1. The van der Waals surface area contributed by atoms with Gasteiger partial charge in [-0.1, -0.05) is 0 Å². The van der Waals surface area contributed by atoms with Crippen LogP contribution in [0.3, 0.4) is 0 Å². The average Bonchev–Trinajstić information content (AvgIpc) is 2.35. The quantitative estimate of drug-likeness (QED) is 0.813. The predicted molar refractivity (Wildman–Crippen MR) is 74.3 cm³/mol. The van der Waals surface area contributed by atoms with E-state index in [9.17, 15) is 4.79 Å². The minimum Gasteiger partial charge on any atom is -0.478 e. The molecule has 0 bridgehead atoms. The van der Waals surface area contributed by atoms with E-state index >= 15 is 0 Å². The summed E-state index contributed by atoms with van der Waals surface area (Å²) in [6.45, 7) is 8.48. The van der Waals surface area contributed by atoms with E-state index in [1.54, 1.807) is 20.0 Å². The summed E-state index contributed by atoms with van der Waals surface area (Å²) in [5.41, 5.74) is -0.515. The van der Waals surface area contributed by atoms with E-state index in [4.69, 9.17) is 4.74 Å². The molecule has 6 nitrogen and oxygen atoms in total. The molecular formula is C13H22N4O2. The Morgan fingerprint density at radius 1 is 1.42 bits per heavy atom. The van der Waals surface area contributed by atoms with Crippen molar-refractivity contribution in [3.63, 3.8) is 0 Å². The van der Waals surface area contributed by atoms with Crippen LogP contribution in [-0.4, -0.2) is 36.1 Å². The van der Waals surface area contributed by atoms with E-state index in [2.05, 4.69) is 20.6 Å². The summed E-state index contributed by atoms with van der Waals surface area (Å²) < 4.78 is 5.36. The third kappa shape index (κ3) is 4.39. The second-order valence-corrected chi connectivity index (χ2v) is 4.89. The maximum atomic E-state index is 11.7. The molecule has 2 N–H and O–H groups in total. The van der Waals surface area contributed by atoms with Crippen molar-refractivity contribution in [2.24, 2.45) is 5.41 Å². The Kier molecular flexibility index (Phi) is 5.09. The minimum absolute atomic E-state index is 0.0178. The number of rotatable bonds is 6. The fourth-order valence-electron chi connectivity index (χ4n) is 1.58. The lowest BCUT2D eigenvalue weighted by molar-refractivity contribution is -0.128. The first-order chi connectivity index (χ1) is 8.89. The molecule has 106 valence electrons. The van der Waals surface area contributed by atoms with Crippen molar-refractivity contribution in [2.75, 3.05) is 25.5 Å². The van der Waals surface area contributed by atoms with Crippen LogP contribution in [0.5, 0.6) is 5.88 Å². The summed E-state index contributed by atoms with van der Waals surface area (Å²) in [4.78, 5) is 20.1. The number of nitrogens with one attached hydrogen (secondary N) is 2. The molecule has 6 heteroatoms. The van der Waals surface area contributed by atoms with Gasteiger partial charge in [0.2, 0.25) is 11.8 Å². The fraction of sp³-hybridized carbons (Fsp3) is 0.615. The van der Waals surface area contributed by atoms with Gasteiger partial charge >= 0.3 is 0 Å². The molecule has 0 aromatic carbocycles. The van der Waals surface area contributed by atoms with Gasteiger partial charge in [0, 0.05) is 19.7 Å². The fourth-order valence-corrected chi connectivity index (χ4v) is 1.58. The summed E-state index contributed by atoms with van der Waals surface area (Å²) in [5, 5.41) is 5.80. The molecule has 1 heterocycles. The molecule has 0 aliphatic carbocycles. The van der Waals surface area contributed by atoms with E-state index in [1.165, 1.54) is 0 Å². The smallest absolute Gasteiger partial charge is 0.227 e. The zero-order chi connectivity index (χ0) is 14.5. The Hall–Kier alpha value is -1.85. The molecule has 1 rings (SSSR count). The highest BCUT2D eigenvalue weighted by molar-refractivity contribution is 5.82. The highest BCUT2D eigenvalue weighted by Crippen LogP contribution is 2.18. The molecule has 0 aliphatic heterocycles. The Labute approximate surface area is 114 Å². The van der Waals surface area contributed by atoms with Crippen LogP contribution in [-0.2, 0) is 4.79 Å². The molecule has 0 atom stereocenters. The zero-order valence-corrected chi connectivity index (χ0v) is 12.2. The monoisotopic (exact) mass is 266 g/mol. The molecular weight excluding hydrogens is 244 g/mol. The third-order valence-corrected chi connectivity index (χ3v) is 2.66. The van der Waals surface area contributed by atoms with Gasteiger partial charge in [0.1, 0.15) is 11.6 Å². The van der Waals surface area contributed by atoms with E-state index in [-0.39, 0.29) is 5.91 Å². The van der Waals surface area contributed by atoms with Gasteiger partial charge in [-0.25, -0.2) is 4.98 Å². The normalized spacial score (nSPS) is 11.0. The lowest BCUT2D eigenvalue weighted by atomic mass is 9.92. The SMILES string of the molecule is CCOc1cc(NCC(C)(C)C(=O)NC)nc(C)n1. The van der Waals surface area contributed by atoms with Crippen LogP contribution >= 0.6 is 0 Å². The zero-order valence-electron chi connectivity index (χ0n) is 12.2. The molecule has 1 amide bonds. The first-order valence-electron chi connectivity index (χ1n) is 6.33. The van der Waals surface area contributed by atoms with E-state index in [1.807, 2.05) is 20.8 Å². The van der Waals surface area contributed by atoms with Crippen molar-refractivity contribution in [3.8, 4) is 5.88 Å². The number of nitrogens with zero attached hydrogens (tertiary/aromatic N) is 2. The summed E-state index contributed by atoms with van der Waals surface area (Å²) in [5.74, 6) is 1.81. The molecule has 0 unspecified atom stereocenters. The molecule has 0 aliphatic rings. The van der Waals surface area contributed by atoms with Gasteiger partial charge in [0.25, 0.3) is 0 Å². The number of amides is 1. The maximum Gasteiger partial charge on any atom is 0.227 e. The van der Waals surface area contributed by atoms with Crippen molar-refractivity contribution in [1.29, 1.82) is 0 Å². The first-order valence-corrected chi connectivity index (χ1v) is 6.33. The Morgan fingerprint density at radius 2 is 2.11 bits per heavy atom. The molecule has 0 spiro atoms. The molecule has 0 saturated carbocycles. The van der Waals surface area contributed by atoms with Crippen molar-refractivity contribution >= 4 is 11.7 Å². The van der Waals surface area contributed by atoms with Crippen molar-refractivity contribution < 1.29 is 9.53 Å². The summed E-state index contributed by atoms with van der Waals surface area (Å²) in [6, 6.07) is 1.73. The van der Waals surface area contributed by atoms with Gasteiger partial charge < -0.3 is 15.4 Å². The van der Waals surface area contributed by atoms with Gasteiger partial charge in [0.05, 0.1) is 12.0 Å². The van der Waals surface area contributed by atoms with Crippen molar-refractivity contribution in [3.05, 3.63) is 11.9 Å².